The lowest BCUT2D eigenvalue weighted by molar-refractivity contribution is -0.149. The average molecular weight is 263 g/mol. The summed E-state index contributed by atoms with van der Waals surface area (Å²) in [6, 6.07) is 0. The zero-order chi connectivity index (χ0) is 13.6. The van der Waals surface area contributed by atoms with E-state index < -0.39 is 11.4 Å². The SMILES string of the molecule is Cn1cc(C(=O)N2C[C@@H]3CCC[C@@]3(C(=O)O)C2)cn1. The van der Waals surface area contributed by atoms with Crippen molar-refractivity contribution in [3.05, 3.63) is 18.0 Å². The number of aliphatic carboxylic acids is 1. The maximum Gasteiger partial charge on any atom is 0.311 e. The van der Waals surface area contributed by atoms with Crippen molar-refractivity contribution < 1.29 is 14.7 Å². The van der Waals surface area contributed by atoms with Crippen molar-refractivity contribution in [2.75, 3.05) is 13.1 Å². The maximum atomic E-state index is 12.3. The zero-order valence-electron chi connectivity index (χ0n) is 10.9. The third kappa shape index (κ3) is 1.74. The van der Waals surface area contributed by atoms with Crippen LogP contribution in [-0.4, -0.2) is 44.8 Å². The molecule has 1 N–H and O–H groups in total. The number of fused-ring (bicyclic) bond motifs is 1. The minimum atomic E-state index is -0.753. The van der Waals surface area contributed by atoms with Gasteiger partial charge in [-0.15, -0.1) is 0 Å². The number of carbonyl (C=O) groups is 2. The predicted molar refractivity (Wildman–Crippen MR) is 66.5 cm³/mol. The Morgan fingerprint density at radius 2 is 2.32 bits per heavy atom. The number of amides is 1. The Kier molecular flexibility index (Phi) is 2.62. The molecule has 6 nitrogen and oxygen atoms in total. The van der Waals surface area contributed by atoms with Gasteiger partial charge in [0.2, 0.25) is 0 Å². The molecule has 1 saturated carbocycles. The van der Waals surface area contributed by atoms with Crippen LogP contribution in [0, 0.1) is 11.3 Å². The fourth-order valence-electron chi connectivity index (χ4n) is 3.51. The zero-order valence-corrected chi connectivity index (χ0v) is 10.9. The van der Waals surface area contributed by atoms with E-state index >= 15 is 0 Å². The second-order valence-corrected chi connectivity index (χ2v) is 5.64. The molecule has 2 heterocycles. The first-order chi connectivity index (χ1) is 9.03. The second kappa shape index (κ2) is 4.08. The summed E-state index contributed by atoms with van der Waals surface area (Å²) < 4.78 is 1.58. The third-order valence-corrected chi connectivity index (χ3v) is 4.54. The number of carboxylic acids is 1. The van der Waals surface area contributed by atoms with Gasteiger partial charge in [-0.3, -0.25) is 14.3 Å². The van der Waals surface area contributed by atoms with E-state index in [4.69, 9.17) is 0 Å². The van der Waals surface area contributed by atoms with Gasteiger partial charge in [0.1, 0.15) is 0 Å². The number of hydrogen-bond acceptors (Lipinski definition) is 3. The number of aromatic nitrogens is 2. The van der Waals surface area contributed by atoms with Crippen LogP contribution in [0.4, 0.5) is 0 Å². The van der Waals surface area contributed by atoms with Crippen LogP contribution in [-0.2, 0) is 11.8 Å². The van der Waals surface area contributed by atoms with Crippen LogP contribution in [0.25, 0.3) is 0 Å². The highest BCUT2D eigenvalue weighted by Crippen LogP contribution is 2.49. The van der Waals surface area contributed by atoms with Gasteiger partial charge in [-0.25, -0.2) is 0 Å². The fourth-order valence-corrected chi connectivity index (χ4v) is 3.51. The van der Waals surface area contributed by atoms with Gasteiger partial charge in [0, 0.05) is 26.3 Å². The molecular weight excluding hydrogens is 246 g/mol. The molecular formula is C13H17N3O3. The Morgan fingerprint density at radius 3 is 2.89 bits per heavy atom. The van der Waals surface area contributed by atoms with Crippen molar-refractivity contribution in [3.8, 4) is 0 Å². The summed E-state index contributed by atoms with van der Waals surface area (Å²) in [5.74, 6) is -0.759. The van der Waals surface area contributed by atoms with Crippen molar-refractivity contribution in [1.29, 1.82) is 0 Å². The Hall–Kier alpha value is -1.85. The lowest BCUT2D eigenvalue weighted by Crippen LogP contribution is -2.37. The molecule has 2 atom stereocenters. The largest absolute Gasteiger partial charge is 0.481 e. The van der Waals surface area contributed by atoms with E-state index in [1.54, 1.807) is 22.8 Å². The highest BCUT2D eigenvalue weighted by molar-refractivity contribution is 5.94. The maximum absolute atomic E-state index is 12.3. The van der Waals surface area contributed by atoms with E-state index in [1.165, 1.54) is 6.20 Å². The molecule has 19 heavy (non-hydrogen) atoms. The lowest BCUT2D eigenvalue weighted by Gasteiger charge is -2.23. The summed E-state index contributed by atoms with van der Waals surface area (Å²) in [6.07, 6.45) is 5.74. The van der Waals surface area contributed by atoms with E-state index in [9.17, 15) is 14.7 Å². The van der Waals surface area contributed by atoms with E-state index in [-0.39, 0.29) is 11.8 Å². The van der Waals surface area contributed by atoms with Gasteiger partial charge in [0.25, 0.3) is 5.91 Å². The molecule has 1 saturated heterocycles. The van der Waals surface area contributed by atoms with Gasteiger partial charge in [0.05, 0.1) is 17.2 Å². The van der Waals surface area contributed by atoms with Crippen molar-refractivity contribution in [2.45, 2.75) is 19.3 Å². The molecule has 3 rings (SSSR count). The van der Waals surface area contributed by atoms with Crippen molar-refractivity contribution >= 4 is 11.9 Å². The quantitative estimate of drug-likeness (QED) is 0.854. The molecule has 6 heteroatoms. The van der Waals surface area contributed by atoms with Crippen LogP contribution >= 0.6 is 0 Å². The van der Waals surface area contributed by atoms with Crippen LogP contribution < -0.4 is 0 Å². The van der Waals surface area contributed by atoms with Gasteiger partial charge < -0.3 is 10.0 Å². The Bertz CT molecular complexity index is 539. The van der Waals surface area contributed by atoms with Crippen LogP contribution in [0.1, 0.15) is 29.6 Å². The van der Waals surface area contributed by atoms with Crippen LogP contribution in [0.15, 0.2) is 12.4 Å². The number of aryl methyl sites for hydroxylation is 1. The summed E-state index contributed by atoms with van der Waals surface area (Å²) >= 11 is 0. The highest BCUT2D eigenvalue weighted by atomic mass is 16.4. The fraction of sp³-hybridized carbons (Fsp3) is 0.615. The number of likely N-dealkylation sites (tertiary alicyclic amines) is 1. The Labute approximate surface area is 111 Å². The number of hydrogen-bond donors (Lipinski definition) is 1. The van der Waals surface area contributed by atoms with Crippen LogP contribution in [0.3, 0.4) is 0 Å². The van der Waals surface area contributed by atoms with E-state index in [1.807, 2.05) is 0 Å². The normalized spacial score (nSPS) is 29.5. The van der Waals surface area contributed by atoms with E-state index in [0.29, 0.717) is 25.1 Å². The molecule has 2 aliphatic rings. The molecule has 1 aliphatic heterocycles. The smallest absolute Gasteiger partial charge is 0.311 e. The van der Waals surface area contributed by atoms with Gasteiger partial charge in [0.15, 0.2) is 0 Å². The lowest BCUT2D eigenvalue weighted by atomic mass is 9.81. The highest BCUT2D eigenvalue weighted by Gasteiger charge is 2.55. The molecule has 0 bridgehead atoms. The monoisotopic (exact) mass is 263 g/mol. The summed E-state index contributed by atoms with van der Waals surface area (Å²) in [5.41, 5.74) is -0.180. The molecule has 1 aliphatic carbocycles. The average Bonchev–Trinajstić information content (AvgIpc) is 3.00. The molecule has 102 valence electrons. The van der Waals surface area contributed by atoms with Crippen molar-refractivity contribution in [1.82, 2.24) is 14.7 Å². The Balaban J connectivity index is 1.82. The number of carbonyl (C=O) groups excluding carboxylic acids is 1. The molecule has 0 aromatic carbocycles. The Morgan fingerprint density at radius 1 is 1.53 bits per heavy atom. The predicted octanol–water partition coefficient (Wildman–Crippen LogP) is 0.747. The summed E-state index contributed by atoms with van der Waals surface area (Å²) in [5, 5.41) is 13.5. The third-order valence-electron chi connectivity index (χ3n) is 4.54. The van der Waals surface area contributed by atoms with Gasteiger partial charge in [-0.2, -0.15) is 5.10 Å². The van der Waals surface area contributed by atoms with Gasteiger partial charge in [-0.1, -0.05) is 6.42 Å². The minimum Gasteiger partial charge on any atom is -0.481 e. The number of nitrogens with zero attached hydrogens (tertiary/aromatic N) is 3. The first-order valence-electron chi connectivity index (χ1n) is 6.54. The standard InChI is InChI=1S/C13H17N3O3/c1-15-6-9(5-14-15)11(17)16-7-10-3-2-4-13(10,8-16)12(18)19/h5-6,10H,2-4,7-8H2,1H3,(H,18,19)/t10-,13+/m0/s1. The van der Waals surface area contributed by atoms with Crippen LogP contribution in [0.2, 0.25) is 0 Å². The number of carboxylic acid groups (broad SMARTS) is 1. The number of rotatable bonds is 2. The van der Waals surface area contributed by atoms with Crippen LogP contribution in [0.5, 0.6) is 0 Å². The second-order valence-electron chi connectivity index (χ2n) is 5.64. The molecule has 0 unspecified atom stereocenters. The first kappa shape index (κ1) is 12.2. The van der Waals surface area contributed by atoms with Gasteiger partial charge in [-0.05, 0) is 18.8 Å². The molecule has 0 spiro atoms. The van der Waals surface area contributed by atoms with E-state index in [2.05, 4.69) is 5.10 Å². The van der Waals surface area contributed by atoms with Gasteiger partial charge >= 0.3 is 5.97 Å². The molecule has 1 aromatic rings. The van der Waals surface area contributed by atoms with Crippen molar-refractivity contribution in [2.24, 2.45) is 18.4 Å². The summed E-state index contributed by atoms with van der Waals surface area (Å²) in [4.78, 5) is 25.6. The molecule has 2 fully saturated rings. The first-order valence-corrected chi connectivity index (χ1v) is 6.54. The molecule has 0 radical (unpaired) electrons. The van der Waals surface area contributed by atoms with Crippen molar-refractivity contribution in [3.63, 3.8) is 0 Å². The molecule has 1 amide bonds. The topological polar surface area (TPSA) is 75.4 Å². The van der Waals surface area contributed by atoms with E-state index in [0.717, 1.165) is 12.8 Å². The summed E-state index contributed by atoms with van der Waals surface area (Å²) in [7, 11) is 1.76. The molecule has 1 aromatic heterocycles. The summed E-state index contributed by atoms with van der Waals surface area (Å²) in [6.45, 7) is 0.890. The minimum absolute atomic E-state index is 0.102.